The summed E-state index contributed by atoms with van der Waals surface area (Å²) in [4.78, 5) is 2.25. The Balaban J connectivity index is 2.41. The normalized spacial score (nSPS) is 12.7. The zero-order valence-corrected chi connectivity index (χ0v) is 13.2. The maximum absolute atomic E-state index is 5.91. The van der Waals surface area contributed by atoms with Gasteiger partial charge in [-0.2, -0.15) is 0 Å². The zero-order valence-electron chi connectivity index (χ0n) is 13.2. The molecule has 0 saturated heterocycles. The number of nitrogens with one attached hydrogen (secondary N) is 1. The van der Waals surface area contributed by atoms with E-state index in [9.17, 15) is 0 Å². The van der Waals surface area contributed by atoms with Gasteiger partial charge in [-0.3, -0.25) is 4.90 Å². The highest BCUT2D eigenvalue weighted by Gasteiger charge is 2.09. The molecule has 1 aromatic carbocycles. The Labute approximate surface area is 123 Å². The third kappa shape index (κ3) is 5.90. The molecule has 0 heterocycles. The highest BCUT2D eigenvalue weighted by molar-refractivity contribution is 5.33. The predicted octanol–water partition coefficient (Wildman–Crippen LogP) is 2.14. The molecule has 1 unspecified atom stereocenters. The van der Waals surface area contributed by atoms with Gasteiger partial charge in [-0.05, 0) is 26.6 Å². The number of benzene rings is 1. The van der Waals surface area contributed by atoms with Crippen LogP contribution in [0.2, 0.25) is 0 Å². The summed E-state index contributed by atoms with van der Waals surface area (Å²) in [6, 6.07) is 8.61. The van der Waals surface area contributed by atoms with Gasteiger partial charge in [-0.15, -0.1) is 0 Å². The van der Waals surface area contributed by atoms with Crippen LogP contribution in [-0.4, -0.2) is 51.4 Å². The highest BCUT2D eigenvalue weighted by atomic mass is 16.5. The van der Waals surface area contributed by atoms with Crippen molar-refractivity contribution in [2.75, 3.05) is 40.5 Å². The van der Waals surface area contributed by atoms with Crippen molar-refractivity contribution in [2.24, 2.45) is 0 Å². The summed E-state index contributed by atoms with van der Waals surface area (Å²) >= 11 is 0. The Bertz CT molecular complexity index is 371. The van der Waals surface area contributed by atoms with Crippen molar-refractivity contribution < 1.29 is 9.47 Å². The molecule has 20 heavy (non-hydrogen) atoms. The van der Waals surface area contributed by atoms with Crippen LogP contribution in [0.1, 0.15) is 19.4 Å². The van der Waals surface area contributed by atoms with Crippen molar-refractivity contribution >= 4 is 0 Å². The molecule has 114 valence electrons. The fourth-order valence-electron chi connectivity index (χ4n) is 1.94. The van der Waals surface area contributed by atoms with Crippen LogP contribution in [-0.2, 0) is 11.3 Å². The number of hydrogen-bond acceptors (Lipinski definition) is 4. The summed E-state index contributed by atoms with van der Waals surface area (Å²) in [7, 11) is 3.83. The number of para-hydroxylation sites is 1. The van der Waals surface area contributed by atoms with E-state index in [0.29, 0.717) is 12.6 Å². The Morgan fingerprint density at radius 2 is 2.05 bits per heavy atom. The van der Waals surface area contributed by atoms with Gasteiger partial charge in [-0.25, -0.2) is 0 Å². The lowest BCUT2D eigenvalue weighted by Crippen LogP contribution is -2.35. The maximum atomic E-state index is 5.91. The molecule has 1 atom stereocenters. The molecule has 1 N–H and O–H groups in total. The summed E-state index contributed by atoms with van der Waals surface area (Å²) < 4.78 is 11.1. The lowest BCUT2D eigenvalue weighted by Gasteiger charge is -2.24. The minimum Gasteiger partial charge on any atom is -0.492 e. The van der Waals surface area contributed by atoms with Crippen molar-refractivity contribution in [3.8, 4) is 5.75 Å². The van der Waals surface area contributed by atoms with Crippen LogP contribution in [0.4, 0.5) is 0 Å². The Morgan fingerprint density at radius 3 is 2.75 bits per heavy atom. The number of nitrogens with zero attached hydrogens (tertiary/aromatic N) is 1. The van der Waals surface area contributed by atoms with Gasteiger partial charge >= 0.3 is 0 Å². The van der Waals surface area contributed by atoms with Crippen molar-refractivity contribution in [2.45, 2.75) is 26.4 Å². The van der Waals surface area contributed by atoms with E-state index in [0.717, 1.165) is 32.0 Å². The summed E-state index contributed by atoms with van der Waals surface area (Å²) in [6.07, 6.45) is 0. The van der Waals surface area contributed by atoms with Crippen LogP contribution in [0.15, 0.2) is 24.3 Å². The first kappa shape index (κ1) is 17.0. The number of rotatable bonds is 10. The molecule has 0 fully saturated rings. The standard InChI is InChI=1S/C16H28N2O2/c1-5-17-12-15-8-6-7-9-16(15)20-11-10-18(3)14(2)13-19-4/h6-9,14,17H,5,10-13H2,1-4H3. The zero-order chi connectivity index (χ0) is 14.8. The molecule has 0 bridgehead atoms. The Hall–Kier alpha value is -1.10. The van der Waals surface area contributed by atoms with Crippen molar-refractivity contribution in [3.05, 3.63) is 29.8 Å². The van der Waals surface area contributed by atoms with Crippen LogP contribution in [0.25, 0.3) is 0 Å². The molecule has 1 aromatic rings. The van der Waals surface area contributed by atoms with E-state index < -0.39 is 0 Å². The first-order chi connectivity index (χ1) is 9.69. The molecular formula is C16H28N2O2. The number of ether oxygens (including phenoxy) is 2. The van der Waals surface area contributed by atoms with Gasteiger partial charge in [0.25, 0.3) is 0 Å². The first-order valence-corrected chi connectivity index (χ1v) is 7.29. The topological polar surface area (TPSA) is 33.7 Å². The molecule has 0 aliphatic rings. The number of likely N-dealkylation sites (N-methyl/N-ethyl adjacent to an activating group) is 1. The van der Waals surface area contributed by atoms with Crippen LogP contribution in [0, 0.1) is 0 Å². The van der Waals surface area contributed by atoms with E-state index in [2.05, 4.69) is 37.2 Å². The fraction of sp³-hybridized carbons (Fsp3) is 0.625. The molecular weight excluding hydrogens is 252 g/mol. The van der Waals surface area contributed by atoms with Gasteiger partial charge in [0.2, 0.25) is 0 Å². The number of hydrogen-bond donors (Lipinski definition) is 1. The van der Waals surface area contributed by atoms with Crippen molar-refractivity contribution in [1.29, 1.82) is 0 Å². The van der Waals surface area contributed by atoms with Gasteiger partial charge in [0, 0.05) is 31.8 Å². The van der Waals surface area contributed by atoms with Gasteiger partial charge < -0.3 is 14.8 Å². The lowest BCUT2D eigenvalue weighted by atomic mass is 10.2. The molecule has 0 aromatic heterocycles. The van der Waals surface area contributed by atoms with Crippen LogP contribution < -0.4 is 10.1 Å². The average molecular weight is 280 g/mol. The second-order valence-corrected chi connectivity index (χ2v) is 5.02. The highest BCUT2D eigenvalue weighted by Crippen LogP contribution is 2.17. The first-order valence-electron chi connectivity index (χ1n) is 7.29. The molecule has 0 saturated carbocycles. The monoisotopic (exact) mass is 280 g/mol. The predicted molar refractivity (Wildman–Crippen MR) is 83.3 cm³/mol. The average Bonchev–Trinajstić information content (AvgIpc) is 2.46. The molecule has 1 rings (SSSR count). The molecule has 0 spiro atoms. The van der Waals surface area contributed by atoms with E-state index in [1.807, 2.05) is 18.2 Å². The van der Waals surface area contributed by atoms with E-state index >= 15 is 0 Å². The Morgan fingerprint density at radius 1 is 1.30 bits per heavy atom. The van der Waals surface area contributed by atoms with Gasteiger partial charge in [0.15, 0.2) is 0 Å². The van der Waals surface area contributed by atoms with Gasteiger partial charge in [0.1, 0.15) is 12.4 Å². The summed E-state index contributed by atoms with van der Waals surface area (Å²) in [5.74, 6) is 0.973. The second-order valence-electron chi connectivity index (χ2n) is 5.02. The summed E-state index contributed by atoms with van der Waals surface area (Å²) in [5, 5.41) is 3.33. The molecule has 0 amide bonds. The van der Waals surface area contributed by atoms with Crippen LogP contribution >= 0.6 is 0 Å². The van der Waals surface area contributed by atoms with E-state index in [-0.39, 0.29) is 0 Å². The van der Waals surface area contributed by atoms with Crippen LogP contribution in [0.3, 0.4) is 0 Å². The minimum absolute atomic E-state index is 0.403. The van der Waals surface area contributed by atoms with Gasteiger partial charge in [0.05, 0.1) is 6.61 Å². The molecule has 0 aliphatic heterocycles. The largest absolute Gasteiger partial charge is 0.492 e. The third-order valence-electron chi connectivity index (χ3n) is 3.40. The van der Waals surface area contributed by atoms with Crippen LogP contribution in [0.5, 0.6) is 5.75 Å². The molecule has 0 radical (unpaired) electrons. The molecule has 4 heteroatoms. The minimum atomic E-state index is 0.403. The fourth-order valence-corrected chi connectivity index (χ4v) is 1.94. The quantitative estimate of drug-likeness (QED) is 0.712. The summed E-state index contributed by atoms with van der Waals surface area (Å²) in [6.45, 7) is 8.40. The molecule has 0 aliphatic carbocycles. The SMILES string of the molecule is CCNCc1ccccc1OCCN(C)C(C)COC. The maximum Gasteiger partial charge on any atom is 0.123 e. The van der Waals surface area contributed by atoms with Crippen molar-refractivity contribution in [1.82, 2.24) is 10.2 Å². The lowest BCUT2D eigenvalue weighted by molar-refractivity contribution is 0.105. The van der Waals surface area contributed by atoms with Gasteiger partial charge in [-0.1, -0.05) is 25.1 Å². The Kier molecular flexibility index (Phi) is 8.26. The van der Waals surface area contributed by atoms with Crippen molar-refractivity contribution in [3.63, 3.8) is 0 Å². The molecule has 4 nitrogen and oxygen atoms in total. The summed E-state index contributed by atoms with van der Waals surface area (Å²) in [5.41, 5.74) is 1.21. The van der Waals surface area contributed by atoms with E-state index in [4.69, 9.17) is 9.47 Å². The number of methoxy groups -OCH3 is 1. The van der Waals surface area contributed by atoms with E-state index in [1.165, 1.54) is 5.56 Å². The van der Waals surface area contributed by atoms with E-state index in [1.54, 1.807) is 7.11 Å². The second kappa shape index (κ2) is 9.75. The smallest absolute Gasteiger partial charge is 0.123 e. The third-order valence-corrected chi connectivity index (χ3v) is 3.40.